The van der Waals surface area contributed by atoms with E-state index in [-0.39, 0.29) is 22.2 Å². The van der Waals surface area contributed by atoms with Gasteiger partial charge in [-0.3, -0.25) is 9.59 Å². The minimum Gasteiger partial charge on any atom is -0.322 e. The maximum Gasteiger partial charge on any atom is 0.255 e. The highest BCUT2D eigenvalue weighted by Gasteiger charge is 2.30. The molecule has 1 saturated carbocycles. The van der Waals surface area contributed by atoms with Crippen LogP contribution >= 0.6 is 0 Å². The molecule has 0 radical (unpaired) electrons. The Bertz CT molecular complexity index is 991. The van der Waals surface area contributed by atoms with Crippen LogP contribution in [0.1, 0.15) is 39.1 Å². The van der Waals surface area contributed by atoms with Crippen molar-refractivity contribution in [2.45, 2.75) is 24.7 Å². The van der Waals surface area contributed by atoms with Crippen molar-refractivity contribution >= 4 is 27.4 Å². The summed E-state index contributed by atoms with van der Waals surface area (Å²) in [5.41, 5.74) is 2.01. The number of rotatable bonds is 6. The van der Waals surface area contributed by atoms with E-state index in [4.69, 9.17) is 0 Å². The molecule has 0 aliphatic heterocycles. The van der Waals surface area contributed by atoms with Gasteiger partial charge in [0, 0.05) is 36.8 Å². The molecule has 0 heterocycles. The quantitative estimate of drug-likeness (QED) is 0.774. The highest BCUT2D eigenvalue weighted by atomic mass is 32.2. The van der Waals surface area contributed by atoms with Crippen LogP contribution in [0.4, 0.5) is 5.69 Å². The summed E-state index contributed by atoms with van der Waals surface area (Å²) < 4.78 is 25.9. The largest absolute Gasteiger partial charge is 0.322 e. The smallest absolute Gasteiger partial charge is 0.255 e. The normalized spacial score (nSPS) is 14.2. The molecule has 0 unspecified atom stereocenters. The maximum atomic E-state index is 12.5. The van der Waals surface area contributed by atoms with Crippen molar-refractivity contribution in [1.29, 1.82) is 0 Å². The zero-order valence-electron chi connectivity index (χ0n) is 15.5. The van der Waals surface area contributed by atoms with Crippen LogP contribution in [0.5, 0.6) is 0 Å². The molecule has 6 nitrogen and oxygen atoms in total. The number of Topliss-reactive ketones (excluding diaryl/α,β-unsaturated/α-hetero) is 1. The Hall–Kier alpha value is -2.51. The topological polar surface area (TPSA) is 83.5 Å². The number of hydrogen-bond donors (Lipinski definition) is 1. The number of sulfonamides is 1. The number of ketones is 1. The third-order valence-corrected chi connectivity index (χ3v) is 6.54. The molecular weight excluding hydrogens is 364 g/mol. The second kappa shape index (κ2) is 7.25. The average molecular weight is 386 g/mol. The number of nitrogens with one attached hydrogen (secondary N) is 1. The van der Waals surface area contributed by atoms with Gasteiger partial charge in [-0.25, -0.2) is 12.7 Å². The summed E-state index contributed by atoms with van der Waals surface area (Å²) in [6, 6.07) is 11.3. The highest BCUT2D eigenvalue weighted by molar-refractivity contribution is 7.89. The zero-order chi connectivity index (χ0) is 19.8. The Morgan fingerprint density at radius 1 is 1.00 bits per heavy atom. The minimum absolute atomic E-state index is 0.102. The standard InChI is InChI=1S/C20H22N2O4S/c1-13-4-5-16(12-18(13)27(25,26)22(2)3)20(24)21-17-10-8-15(9-11-17)19(23)14-6-7-14/h4-5,8-12,14H,6-7H2,1-3H3,(H,21,24). The first kappa shape index (κ1) is 19.3. The average Bonchev–Trinajstić information content (AvgIpc) is 3.47. The Morgan fingerprint density at radius 3 is 2.15 bits per heavy atom. The monoisotopic (exact) mass is 386 g/mol. The third kappa shape index (κ3) is 4.09. The van der Waals surface area contributed by atoms with E-state index >= 15 is 0 Å². The van der Waals surface area contributed by atoms with Crippen molar-refractivity contribution in [3.8, 4) is 0 Å². The molecule has 0 atom stereocenters. The molecule has 1 aliphatic rings. The predicted molar refractivity (Wildman–Crippen MR) is 104 cm³/mol. The molecule has 0 bridgehead atoms. The molecule has 2 aromatic rings. The summed E-state index contributed by atoms with van der Waals surface area (Å²) in [7, 11) is -0.737. The van der Waals surface area contributed by atoms with Gasteiger partial charge in [0.05, 0.1) is 4.90 Å². The molecule has 1 fully saturated rings. The van der Waals surface area contributed by atoms with Gasteiger partial charge in [-0.2, -0.15) is 0 Å². The van der Waals surface area contributed by atoms with Crippen molar-refractivity contribution in [3.63, 3.8) is 0 Å². The molecule has 2 aromatic carbocycles. The maximum absolute atomic E-state index is 12.5. The Labute approximate surface area is 159 Å². The van der Waals surface area contributed by atoms with Gasteiger partial charge in [0.1, 0.15) is 0 Å². The van der Waals surface area contributed by atoms with Crippen LogP contribution < -0.4 is 5.32 Å². The number of carbonyl (C=O) groups excluding carboxylic acids is 2. The second-order valence-electron chi connectivity index (χ2n) is 6.94. The molecule has 0 saturated heterocycles. The first-order chi connectivity index (χ1) is 12.7. The molecule has 1 N–H and O–H groups in total. The second-order valence-corrected chi connectivity index (χ2v) is 9.06. The van der Waals surface area contributed by atoms with E-state index in [9.17, 15) is 18.0 Å². The summed E-state index contributed by atoms with van der Waals surface area (Å²) in [6.07, 6.45) is 1.89. The predicted octanol–water partition coefficient (Wildman–Crippen LogP) is 3.09. The fourth-order valence-electron chi connectivity index (χ4n) is 2.72. The molecule has 0 aromatic heterocycles. The van der Waals surface area contributed by atoms with Crippen molar-refractivity contribution in [2.75, 3.05) is 19.4 Å². The van der Waals surface area contributed by atoms with Crippen LogP contribution in [0.25, 0.3) is 0 Å². The lowest BCUT2D eigenvalue weighted by atomic mass is 10.1. The van der Waals surface area contributed by atoms with Crippen LogP contribution in [0.15, 0.2) is 47.4 Å². The SMILES string of the molecule is Cc1ccc(C(=O)Nc2ccc(C(=O)C3CC3)cc2)cc1S(=O)(=O)N(C)C. The van der Waals surface area contributed by atoms with E-state index in [1.807, 2.05) is 0 Å². The van der Waals surface area contributed by atoms with Gasteiger partial charge in [-0.15, -0.1) is 0 Å². The first-order valence-electron chi connectivity index (χ1n) is 8.69. The van der Waals surface area contributed by atoms with Crippen molar-refractivity contribution < 1.29 is 18.0 Å². The van der Waals surface area contributed by atoms with Gasteiger partial charge >= 0.3 is 0 Å². The summed E-state index contributed by atoms with van der Waals surface area (Å²) in [4.78, 5) is 24.7. The minimum atomic E-state index is -3.64. The van der Waals surface area contributed by atoms with Crippen LogP contribution in [0, 0.1) is 12.8 Å². The number of hydrogen-bond acceptors (Lipinski definition) is 4. The molecule has 142 valence electrons. The van der Waals surface area contributed by atoms with E-state index in [0.29, 0.717) is 16.8 Å². The van der Waals surface area contributed by atoms with Gasteiger partial charge < -0.3 is 5.32 Å². The summed E-state index contributed by atoms with van der Waals surface area (Å²) in [6.45, 7) is 1.69. The summed E-state index contributed by atoms with van der Waals surface area (Å²) >= 11 is 0. The summed E-state index contributed by atoms with van der Waals surface area (Å²) in [5.74, 6) is -0.119. The number of aryl methyl sites for hydroxylation is 1. The van der Waals surface area contributed by atoms with Gasteiger partial charge in [0.2, 0.25) is 10.0 Å². The molecule has 7 heteroatoms. The first-order valence-corrected chi connectivity index (χ1v) is 10.1. The molecule has 27 heavy (non-hydrogen) atoms. The number of amides is 1. The van der Waals surface area contributed by atoms with Crippen molar-refractivity contribution in [3.05, 3.63) is 59.2 Å². The van der Waals surface area contributed by atoms with Crippen LogP contribution in [-0.4, -0.2) is 38.5 Å². The van der Waals surface area contributed by atoms with Crippen molar-refractivity contribution in [1.82, 2.24) is 4.31 Å². The van der Waals surface area contributed by atoms with E-state index < -0.39 is 15.9 Å². The van der Waals surface area contributed by atoms with Gasteiger partial charge in [-0.05, 0) is 61.7 Å². The molecule has 1 aliphatic carbocycles. The van der Waals surface area contributed by atoms with Crippen LogP contribution in [0.3, 0.4) is 0 Å². The van der Waals surface area contributed by atoms with Crippen LogP contribution in [-0.2, 0) is 10.0 Å². The van der Waals surface area contributed by atoms with Gasteiger partial charge in [0.15, 0.2) is 5.78 Å². The number of anilines is 1. The number of nitrogens with zero attached hydrogens (tertiary/aromatic N) is 1. The lowest BCUT2D eigenvalue weighted by Crippen LogP contribution is -2.23. The zero-order valence-corrected chi connectivity index (χ0v) is 16.3. The van der Waals surface area contributed by atoms with E-state index in [1.165, 1.54) is 20.2 Å². The van der Waals surface area contributed by atoms with Crippen molar-refractivity contribution in [2.24, 2.45) is 5.92 Å². The third-order valence-electron chi connectivity index (χ3n) is 4.58. The number of benzene rings is 2. The highest BCUT2D eigenvalue weighted by Crippen LogP contribution is 2.32. The fraction of sp³-hybridized carbons (Fsp3) is 0.300. The Kier molecular flexibility index (Phi) is 5.17. The number of carbonyl (C=O) groups is 2. The Morgan fingerprint density at radius 2 is 1.59 bits per heavy atom. The lowest BCUT2D eigenvalue weighted by Gasteiger charge is -2.14. The molecule has 1 amide bonds. The van der Waals surface area contributed by atoms with E-state index in [0.717, 1.165) is 17.1 Å². The van der Waals surface area contributed by atoms with E-state index in [2.05, 4.69) is 5.32 Å². The van der Waals surface area contributed by atoms with Gasteiger partial charge in [0.25, 0.3) is 5.91 Å². The molecule has 0 spiro atoms. The summed E-state index contributed by atoms with van der Waals surface area (Å²) in [5, 5.41) is 2.74. The Balaban J connectivity index is 1.79. The fourth-order valence-corrected chi connectivity index (χ4v) is 3.86. The molecule has 3 rings (SSSR count). The van der Waals surface area contributed by atoms with Crippen LogP contribution in [0.2, 0.25) is 0 Å². The van der Waals surface area contributed by atoms with Gasteiger partial charge in [-0.1, -0.05) is 6.07 Å². The molecular formula is C20H22N2O4S. The lowest BCUT2D eigenvalue weighted by molar-refractivity contribution is 0.0967. The van der Waals surface area contributed by atoms with E-state index in [1.54, 1.807) is 43.3 Å².